The quantitative estimate of drug-likeness (QED) is 0.776. The fraction of sp³-hybridized carbons (Fsp3) is 0.533. The van der Waals surface area contributed by atoms with E-state index >= 15 is 0 Å². The highest BCUT2D eigenvalue weighted by Crippen LogP contribution is 2.23. The third-order valence-electron chi connectivity index (χ3n) is 3.81. The van der Waals surface area contributed by atoms with Crippen LogP contribution in [0.4, 0.5) is 5.69 Å². The van der Waals surface area contributed by atoms with E-state index in [9.17, 15) is 21.6 Å². The molecule has 0 spiro atoms. The highest BCUT2D eigenvalue weighted by molar-refractivity contribution is 7.92. The van der Waals surface area contributed by atoms with Crippen LogP contribution in [0.15, 0.2) is 24.3 Å². The van der Waals surface area contributed by atoms with Crippen molar-refractivity contribution in [1.29, 1.82) is 0 Å². The Balaban J connectivity index is 2.04. The summed E-state index contributed by atoms with van der Waals surface area (Å²) in [6.07, 6.45) is 0.896. The second kappa shape index (κ2) is 6.72. The summed E-state index contributed by atoms with van der Waals surface area (Å²) in [6.45, 7) is 3.49. The Morgan fingerprint density at radius 1 is 1.25 bits per heavy atom. The highest BCUT2D eigenvalue weighted by atomic mass is 32.2. The van der Waals surface area contributed by atoms with Crippen LogP contribution in [-0.2, 0) is 19.9 Å². The maximum atomic E-state index is 12.3. The standard InChI is InChI=1S/C15H22N2O5S2/c1-3-9-24(21,22)17-13-6-4-12(5-7-13)14(18)16-15(2)8-10-23(19,20)11-15/h4-7,17H,3,8-11H2,1-2H3,(H,16,18). The Bertz CT molecular complexity index is 816. The Morgan fingerprint density at radius 3 is 2.38 bits per heavy atom. The van der Waals surface area contributed by atoms with E-state index in [1.807, 2.05) is 0 Å². The van der Waals surface area contributed by atoms with Crippen molar-refractivity contribution >= 4 is 31.5 Å². The van der Waals surface area contributed by atoms with E-state index in [2.05, 4.69) is 10.0 Å². The number of anilines is 1. The van der Waals surface area contributed by atoms with Crippen molar-refractivity contribution in [3.63, 3.8) is 0 Å². The number of sulfonamides is 1. The Kier molecular flexibility index (Phi) is 5.24. The van der Waals surface area contributed by atoms with Crippen molar-refractivity contribution in [2.45, 2.75) is 32.2 Å². The maximum absolute atomic E-state index is 12.3. The van der Waals surface area contributed by atoms with Gasteiger partial charge in [0, 0.05) is 11.3 Å². The Hall–Kier alpha value is -1.61. The Morgan fingerprint density at radius 2 is 1.88 bits per heavy atom. The molecule has 1 amide bonds. The number of benzene rings is 1. The van der Waals surface area contributed by atoms with Crippen molar-refractivity contribution in [3.8, 4) is 0 Å². The van der Waals surface area contributed by atoms with Gasteiger partial charge in [-0.05, 0) is 44.0 Å². The van der Waals surface area contributed by atoms with Gasteiger partial charge in [-0.1, -0.05) is 6.92 Å². The summed E-state index contributed by atoms with van der Waals surface area (Å²) in [6, 6.07) is 6.03. The van der Waals surface area contributed by atoms with E-state index in [4.69, 9.17) is 0 Å². The van der Waals surface area contributed by atoms with Crippen molar-refractivity contribution in [2.75, 3.05) is 22.0 Å². The number of hydrogen-bond acceptors (Lipinski definition) is 5. The number of nitrogens with one attached hydrogen (secondary N) is 2. The van der Waals surface area contributed by atoms with E-state index in [-0.39, 0.29) is 23.2 Å². The first-order valence-electron chi connectivity index (χ1n) is 7.68. The second-order valence-corrected chi connectivity index (χ2v) is 10.4. The number of hydrogen-bond donors (Lipinski definition) is 2. The summed E-state index contributed by atoms with van der Waals surface area (Å²) in [7, 11) is -6.48. The molecule has 1 aromatic carbocycles. The second-order valence-electron chi connectivity index (χ2n) is 6.36. The van der Waals surface area contributed by atoms with Crippen LogP contribution in [0, 0.1) is 0 Å². The van der Waals surface area contributed by atoms with Crippen LogP contribution in [0.3, 0.4) is 0 Å². The molecule has 134 valence electrons. The topological polar surface area (TPSA) is 109 Å². The minimum Gasteiger partial charge on any atom is -0.346 e. The number of sulfone groups is 1. The van der Waals surface area contributed by atoms with Crippen molar-refractivity contribution in [1.82, 2.24) is 5.32 Å². The molecule has 0 bridgehead atoms. The molecule has 24 heavy (non-hydrogen) atoms. The first-order valence-corrected chi connectivity index (χ1v) is 11.2. The molecule has 1 aliphatic rings. The first-order chi connectivity index (χ1) is 11.0. The van der Waals surface area contributed by atoms with Crippen LogP contribution in [0.5, 0.6) is 0 Å². The summed E-state index contributed by atoms with van der Waals surface area (Å²) < 4.78 is 49.0. The minimum absolute atomic E-state index is 0.0298. The normalized spacial score (nSPS) is 22.9. The predicted molar refractivity (Wildman–Crippen MR) is 93.3 cm³/mol. The van der Waals surface area contributed by atoms with Gasteiger partial charge >= 0.3 is 0 Å². The molecule has 0 radical (unpaired) electrons. The molecule has 1 saturated heterocycles. The molecule has 0 saturated carbocycles. The minimum atomic E-state index is -3.38. The molecule has 7 nitrogen and oxygen atoms in total. The van der Waals surface area contributed by atoms with Crippen molar-refractivity contribution < 1.29 is 21.6 Å². The molecule has 2 rings (SSSR count). The van der Waals surface area contributed by atoms with Gasteiger partial charge in [-0.2, -0.15) is 0 Å². The fourth-order valence-corrected chi connectivity index (χ4v) is 5.87. The zero-order valence-corrected chi connectivity index (χ0v) is 15.3. The molecular weight excluding hydrogens is 352 g/mol. The lowest BCUT2D eigenvalue weighted by atomic mass is 10.0. The number of amides is 1. The van der Waals surface area contributed by atoms with E-state index in [0.29, 0.717) is 24.1 Å². The van der Waals surface area contributed by atoms with Gasteiger partial charge in [0.05, 0.1) is 22.8 Å². The third kappa shape index (κ3) is 4.94. The highest BCUT2D eigenvalue weighted by Gasteiger charge is 2.39. The third-order valence-corrected chi connectivity index (χ3v) is 7.21. The lowest BCUT2D eigenvalue weighted by Gasteiger charge is -2.23. The number of carbonyl (C=O) groups excluding carboxylic acids is 1. The zero-order valence-electron chi connectivity index (χ0n) is 13.7. The summed E-state index contributed by atoms with van der Waals surface area (Å²) in [5.41, 5.74) is -0.0364. The summed E-state index contributed by atoms with van der Waals surface area (Å²) in [4.78, 5) is 12.3. The predicted octanol–water partition coefficient (Wildman–Crippen LogP) is 1.15. The van der Waals surface area contributed by atoms with Gasteiger partial charge in [0.15, 0.2) is 9.84 Å². The number of carbonyl (C=O) groups is 1. The molecule has 0 aromatic heterocycles. The molecule has 0 aliphatic carbocycles. The Labute approximate surface area is 142 Å². The molecule has 1 aromatic rings. The summed E-state index contributed by atoms with van der Waals surface area (Å²) in [5, 5.41) is 2.76. The van der Waals surface area contributed by atoms with Gasteiger partial charge in [-0.3, -0.25) is 9.52 Å². The lowest BCUT2D eigenvalue weighted by molar-refractivity contribution is 0.0915. The van der Waals surface area contributed by atoms with Crippen molar-refractivity contribution in [2.24, 2.45) is 0 Å². The van der Waals surface area contributed by atoms with E-state index in [1.54, 1.807) is 13.8 Å². The van der Waals surface area contributed by atoms with Crippen molar-refractivity contribution in [3.05, 3.63) is 29.8 Å². The van der Waals surface area contributed by atoms with Crippen LogP contribution in [-0.4, -0.2) is 45.5 Å². The van der Waals surface area contributed by atoms with Crippen LogP contribution in [0.25, 0.3) is 0 Å². The van der Waals surface area contributed by atoms with Crippen LogP contribution >= 0.6 is 0 Å². The van der Waals surface area contributed by atoms with Crippen LogP contribution in [0.2, 0.25) is 0 Å². The van der Waals surface area contributed by atoms with E-state index in [0.717, 1.165) is 0 Å². The van der Waals surface area contributed by atoms with Gasteiger partial charge in [0.1, 0.15) is 0 Å². The van der Waals surface area contributed by atoms with Gasteiger partial charge in [0.25, 0.3) is 5.91 Å². The first kappa shape index (κ1) is 18.7. The molecule has 1 aliphatic heterocycles. The van der Waals surface area contributed by atoms with Crippen LogP contribution in [0.1, 0.15) is 37.0 Å². The summed E-state index contributed by atoms with van der Waals surface area (Å²) in [5.74, 6) is -0.345. The smallest absolute Gasteiger partial charge is 0.251 e. The molecule has 9 heteroatoms. The molecule has 2 N–H and O–H groups in total. The average molecular weight is 374 g/mol. The van der Waals surface area contributed by atoms with Gasteiger partial charge in [0.2, 0.25) is 10.0 Å². The maximum Gasteiger partial charge on any atom is 0.251 e. The summed E-state index contributed by atoms with van der Waals surface area (Å²) >= 11 is 0. The van der Waals surface area contributed by atoms with E-state index < -0.39 is 25.4 Å². The molecule has 1 unspecified atom stereocenters. The SMILES string of the molecule is CCCS(=O)(=O)Nc1ccc(C(=O)NC2(C)CCS(=O)(=O)C2)cc1. The van der Waals surface area contributed by atoms with Gasteiger partial charge in [-0.15, -0.1) is 0 Å². The lowest BCUT2D eigenvalue weighted by Crippen LogP contribution is -2.46. The average Bonchev–Trinajstić information content (AvgIpc) is 2.72. The van der Waals surface area contributed by atoms with Crippen LogP contribution < -0.4 is 10.0 Å². The number of rotatable bonds is 6. The molecule has 1 heterocycles. The van der Waals surface area contributed by atoms with E-state index in [1.165, 1.54) is 24.3 Å². The molecule has 1 atom stereocenters. The molecule has 1 fully saturated rings. The fourth-order valence-electron chi connectivity index (χ4n) is 2.64. The monoisotopic (exact) mass is 374 g/mol. The van der Waals surface area contributed by atoms with Gasteiger partial charge in [-0.25, -0.2) is 16.8 Å². The largest absolute Gasteiger partial charge is 0.346 e. The molecular formula is C15H22N2O5S2. The van der Waals surface area contributed by atoms with Gasteiger partial charge < -0.3 is 5.32 Å². The zero-order chi connectivity index (χ0) is 18.0.